The molecule has 0 spiro atoms. The Labute approximate surface area is 119 Å². The number of aliphatic hydroxyl groups is 1. The number of nitrogens with two attached hydrogens (primary N) is 1. The van der Waals surface area contributed by atoms with Crippen LogP contribution in [0.4, 0.5) is 11.9 Å². The normalized spacial score (nSPS) is 16.1. The van der Waals surface area contributed by atoms with E-state index >= 15 is 0 Å². The molecular weight excluding hydrogens is 258 g/mol. The van der Waals surface area contributed by atoms with Crippen LogP contribution in [0.25, 0.3) is 0 Å². The Morgan fingerprint density at radius 2 is 2.00 bits per heavy atom. The lowest BCUT2D eigenvalue weighted by Crippen LogP contribution is -2.40. The summed E-state index contributed by atoms with van der Waals surface area (Å²) in [4.78, 5) is 14.5. The van der Waals surface area contributed by atoms with E-state index in [0.29, 0.717) is 25.1 Å². The minimum atomic E-state index is 0.0616. The van der Waals surface area contributed by atoms with E-state index in [2.05, 4.69) is 15.0 Å². The van der Waals surface area contributed by atoms with Crippen LogP contribution in [-0.2, 0) is 0 Å². The Morgan fingerprint density at radius 1 is 1.25 bits per heavy atom. The van der Waals surface area contributed by atoms with Gasteiger partial charge in [0, 0.05) is 12.6 Å². The van der Waals surface area contributed by atoms with Crippen molar-refractivity contribution in [3.8, 4) is 6.01 Å². The maximum absolute atomic E-state index is 9.30. The van der Waals surface area contributed by atoms with Gasteiger partial charge in [0.2, 0.25) is 11.9 Å². The zero-order chi connectivity index (χ0) is 14.4. The number of hydrogen-bond acceptors (Lipinski definition) is 7. The summed E-state index contributed by atoms with van der Waals surface area (Å²) in [5.41, 5.74) is 5.72. The van der Waals surface area contributed by atoms with Crippen LogP contribution in [0, 0.1) is 0 Å². The standard InChI is InChI=1S/C13H23N5O2/c1-2-20-13-16-11(14)15-12(17-13)18(8-9-19)10-6-4-3-5-7-10/h10,19H,2-9H2,1H3,(H2,14,15,16,17). The van der Waals surface area contributed by atoms with Crippen LogP contribution in [0.2, 0.25) is 0 Å². The predicted molar refractivity (Wildman–Crippen MR) is 76.7 cm³/mol. The van der Waals surface area contributed by atoms with Crippen molar-refractivity contribution in [3.05, 3.63) is 0 Å². The highest BCUT2D eigenvalue weighted by Gasteiger charge is 2.24. The van der Waals surface area contributed by atoms with Crippen molar-refractivity contribution in [2.45, 2.75) is 45.1 Å². The van der Waals surface area contributed by atoms with Crippen LogP contribution < -0.4 is 15.4 Å². The fraction of sp³-hybridized carbons (Fsp3) is 0.769. The lowest BCUT2D eigenvalue weighted by atomic mass is 9.94. The molecule has 1 heterocycles. The second-order valence-electron chi connectivity index (χ2n) is 4.92. The zero-order valence-electron chi connectivity index (χ0n) is 12.0. The van der Waals surface area contributed by atoms with Crippen LogP contribution in [0.1, 0.15) is 39.0 Å². The number of rotatable bonds is 6. The molecular formula is C13H23N5O2. The molecule has 0 unspecified atom stereocenters. The highest BCUT2D eigenvalue weighted by atomic mass is 16.5. The minimum Gasteiger partial charge on any atom is -0.464 e. The van der Waals surface area contributed by atoms with E-state index in [1.54, 1.807) is 0 Å². The van der Waals surface area contributed by atoms with Gasteiger partial charge in [-0.2, -0.15) is 15.0 Å². The number of nitrogen functional groups attached to an aromatic ring is 1. The monoisotopic (exact) mass is 281 g/mol. The van der Waals surface area contributed by atoms with Gasteiger partial charge in [0.1, 0.15) is 0 Å². The number of aliphatic hydroxyl groups excluding tert-OH is 1. The van der Waals surface area contributed by atoms with E-state index in [4.69, 9.17) is 10.5 Å². The number of aromatic nitrogens is 3. The van der Waals surface area contributed by atoms with E-state index in [1.807, 2.05) is 11.8 Å². The molecule has 0 aliphatic heterocycles. The summed E-state index contributed by atoms with van der Waals surface area (Å²) in [6.45, 7) is 2.91. The summed E-state index contributed by atoms with van der Waals surface area (Å²) in [7, 11) is 0. The second kappa shape index (κ2) is 7.23. The fourth-order valence-electron chi connectivity index (χ4n) is 2.63. The molecule has 0 amide bonds. The minimum absolute atomic E-state index is 0.0616. The molecule has 7 nitrogen and oxygen atoms in total. The number of nitrogens with zero attached hydrogens (tertiary/aromatic N) is 4. The SMILES string of the molecule is CCOc1nc(N)nc(N(CCO)C2CCCCC2)n1. The first kappa shape index (κ1) is 14.8. The highest BCUT2D eigenvalue weighted by Crippen LogP contribution is 2.26. The summed E-state index contributed by atoms with van der Waals surface area (Å²) in [6, 6.07) is 0.598. The molecule has 0 radical (unpaired) electrons. The third-order valence-corrected chi connectivity index (χ3v) is 3.51. The Balaban J connectivity index is 2.22. The van der Waals surface area contributed by atoms with Crippen molar-refractivity contribution in [3.63, 3.8) is 0 Å². The van der Waals surface area contributed by atoms with E-state index in [1.165, 1.54) is 19.3 Å². The molecule has 0 saturated heterocycles. The van der Waals surface area contributed by atoms with E-state index in [9.17, 15) is 5.11 Å². The third-order valence-electron chi connectivity index (χ3n) is 3.51. The third kappa shape index (κ3) is 3.69. The molecule has 0 bridgehead atoms. The maximum atomic E-state index is 9.30. The lowest BCUT2D eigenvalue weighted by Gasteiger charge is -2.34. The van der Waals surface area contributed by atoms with Crippen LogP contribution in [0.15, 0.2) is 0 Å². The summed E-state index contributed by atoms with van der Waals surface area (Å²) >= 11 is 0. The molecule has 20 heavy (non-hydrogen) atoms. The van der Waals surface area contributed by atoms with Gasteiger partial charge in [0.15, 0.2) is 0 Å². The quantitative estimate of drug-likeness (QED) is 0.802. The van der Waals surface area contributed by atoms with Gasteiger partial charge < -0.3 is 20.5 Å². The maximum Gasteiger partial charge on any atom is 0.323 e. The van der Waals surface area contributed by atoms with Gasteiger partial charge in [0.05, 0.1) is 13.2 Å². The zero-order valence-corrected chi connectivity index (χ0v) is 12.0. The van der Waals surface area contributed by atoms with Gasteiger partial charge in [-0.05, 0) is 19.8 Å². The largest absolute Gasteiger partial charge is 0.464 e. The molecule has 1 aliphatic carbocycles. The van der Waals surface area contributed by atoms with Crippen molar-refractivity contribution < 1.29 is 9.84 Å². The lowest BCUT2D eigenvalue weighted by molar-refractivity contribution is 0.286. The molecule has 112 valence electrons. The van der Waals surface area contributed by atoms with Crippen molar-refractivity contribution >= 4 is 11.9 Å². The number of ether oxygens (including phenoxy) is 1. The van der Waals surface area contributed by atoms with E-state index in [-0.39, 0.29) is 18.6 Å². The van der Waals surface area contributed by atoms with Crippen LogP contribution in [0.5, 0.6) is 6.01 Å². The van der Waals surface area contributed by atoms with Crippen molar-refractivity contribution in [2.75, 3.05) is 30.4 Å². The first-order valence-corrected chi connectivity index (χ1v) is 7.26. The van der Waals surface area contributed by atoms with Crippen molar-refractivity contribution in [1.29, 1.82) is 0 Å². The topological polar surface area (TPSA) is 97.4 Å². The van der Waals surface area contributed by atoms with Gasteiger partial charge in [-0.1, -0.05) is 19.3 Å². The molecule has 2 rings (SSSR count). The van der Waals surface area contributed by atoms with Crippen LogP contribution in [0.3, 0.4) is 0 Å². The summed E-state index contributed by atoms with van der Waals surface area (Å²) in [5.74, 6) is 0.652. The molecule has 1 fully saturated rings. The van der Waals surface area contributed by atoms with Crippen molar-refractivity contribution in [1.82, 2.24) is 15.0 Å². The summed E-state index contributed by atoms with van der Waals surface area (Å²) < 4.78 is 5.31. The van der Waals surface area contributed by atoms with Gasteiger partial charge in [0.25, 0.3) is 0 Å². The van der Waals surface area contributed by atoms with Crippen molar-refractivity contribution in [2.24, 2.45) is 0 Å². The van der Waals surface area contributed by atoms with Gasteiger partial charge >= 0.3 is 6.01 Å². The first-order chi connectivity index (χ1) is 9.74. The smallest absolute Gasteiger partial charge is 0.323 e. The van der Waals surface area contributed by atoms with E-state index < -0.39 is 0 Å². The van der Waals surface area contributed by atoms with Gasteiger partial charge in [-0.25, -0.2) is 0 Å². The molecule has 3 N–H and O–H groups in total. The predicted octanol–water partition coefficient (Wildman–Crippen LogP) is 0.984. The first-order valence-electron chi connectivity index (χ1n) is 7.26. The Hall–Kier alpha value is -1.63. The molecule has 0 aromatic carbocycles. The summed E-state index contributed by atoms with van der Waals surface area (Å²) in [5, 5.41) is 9.30. The highest BCUT2D eigenvalue weighted by molar-refractivity contribution is 5.37. The second-order valence-corrected chi connectivity index (χ2v) is 4.92. The molecule has 1 aromatic heterocycles. The molecule has 1 aromatic rings. The average Bonchev–Trinajstić information content (AvgIpc) is 2.45. The number of hydrogen-bond donors (Lipinski definition) is 2. The van der Waals surface area contributed by atoms with Gasteiger partial charge in [-0.15, -0.1) is 0 Å². The Bertz CT molecular complexity index is 423. The average molecular weight is 281 g/mol. The van der Waals surface area contributed by atoms with Crippen LogP contribution in [-0.4, -0.2) is 45.9 Å². The van der Waals surface area contributed by atoms with E-state index in [0.717, 1.165) is 12.8 Å². The molecule has 7 heteroatoms. The van der Waals surface area contributed by atoms with Crippen LogP contribution >= 0.6 is 0 Å². The summed E-state index contributed by atoms with van der Waals surface area (Å²) in [6.07, 6.45) is 5.86. The fourth-order valence-corrected chi connectivity index (χ4v) is 2.63. The molecule has 1 saturated carbocycles. The number of anilines is 2. The molecule has 0 atom stereocenters. The molecule has 1 aliphatic rings. The Morgan fingerprint density at radius 3 is 2.65 bits per heavy atom. The van der Waals surface area contributed by atoms with Gasteiger partial charge in [-0.3, -0.25) is 0 Å². The Kier molecular flexibility index (Phi) is 5.34.